The first-order valence-electron chi connectivity index (χ1n) is 8.13. The summed E-state index contributed by atoms with van der Waals surface area (Å²) < 4.78 is 0. The van der Waals surface area contributed by atoms with Gasteiger partial charge in [0.15, 0.2) is 0 Å². The maximum Gasteiger partial charge on any atom is 0.131 e. The molecular weight excluding hydrogens is 260 g/mol. The smallest absolute Gasteiger partial charge is 0.131 e. The van der Waals surface area contributed by atoms with Crippen LogP contribution in [0.2, 0.25) is 0 Å². The van der Waals surface area contributed by atoms with Crippen molar-refractivity contribution >= 4 is 5.82 Å². The quantitative estimate of drug-likeness (QED) is 0.903. The van der Waals surface area contributed by atoms with Crippen LogP contribution in [0.1, 0.15) is 37.3 Å². The molecule has 0 spiro atoms. The number of likely N-dealkylation sites (N-methyl/N-ethyl adjacent to an activating group) is 2. The first-order chi connectivity index (χ1) is 10.0. The number of nitrogens with two attached hydrogens (primary N) is 1. The first-order valence-corrected chi connectivity index (χ1v) is 8.13. The lowest BCUT2D eigenvalue weighted by Crippen LogP contribution is -2.45. The Hall–Kier alpha value is -1.13. The van der Waals surface area contributed by atoms with Gasteiger partial charge in [-0.05, 0) is 57.3 Å². The Morgan fingerprint density at radius 1 is 1.52 bits per heavy atom. The molecule has 0 saturated carbocycles. The highest BCUT2D eigenvalue weighted by Gasteiger charge is 2.23. The van der Waals surface area contributed by atoms with Crippen LogP contribution in [-0.4, -0.2) is 49.2 Å². The molecule has 0 aromatic carbocycles. The SMILES string of the molecule is CCC(N)Cc1cnc(N(C)C2CCCN(C)C2)c(C)c1. The lowest BCUT2D eigenvalue weighted by Gasteiger charge is -2.37. The molecule has 1 aliphatic heterocycles. The maximum absolute atomic E-state index is 6.04. The zero-order valence-electron chi connectivity index (χ0n) is 14.0. The van der Waals surface area contributed by atoms with Gasteiger partial charge in [0.25, 0.3) is 0 Å². The molecule has 0 amide bonds. The molecule has 0 bridgehead atoms. The number of aromatic nitrogens is 1. The molecule has 1 aliphatic rings. The lowest BCUT2D eigenvalue weighted by atomic mass is 10.0. The number of aryl methyl sites for hydroxylation is 1. The molecule has 2 unspecified atom stereocenters. The van der Waals surface area contributed by atoms with Gasteiger partial charge in [0.1, 0.15) is 5.82 Å². The van der Waals surface area contributed by atoms with Crippen LogP contribution in [0.5, 0.6) is 0 Å². The van der Waals surface area contributed by atoms with Gasteiger partial charge in [-0.1, -0.05) is 13.0 Å². The molecule has 0 radical (unpaired) electrons. The van der Waals surface area contributed by atoms with Gasteiger partial charge in [0.2, 0.25) is 0 Å². The Balaban J connectivity index is 2.09. The van der Waals surface area contributed by atoms with Crippen molar-refractivity contribution in [3.8, 4) is 0 Å². The number of nitrogens with zero attached hydrogens (tertiary/aromatic N) is 3. The monoisotopic (exact) mass is 290 g/mol. The largest absolute Gasteiger partial charge is 0.355 e. The van der Waals surface area contributed by atoms with Crippen molar-refractivity contribution in [1.29, 1.82) is 0 Å². The minimum absolute atomic E-state index is 0.238. The standard InChI is InChI=1S/C17H30N4/c1-5-15(18)10-14-9-13(2)17(19-11-14)21(4)16-7-6-8-20(3)12-16/h9,11,15-16H,5-8,10,12,18H2,1-4H3. The molecule has 21 heavy (non-hydrogen) atoms. The number of anilines is 1. The number of likely N-dealkylation sites (tertiary alicyclic amines) is 1. The number of piperidine rings is 1. The third-order valence-electron chi connectivity index (χ3n) is 4.61. The van der Waals surface area contributed by atoms with Crippen molar-refractivity contribution in [2.24, 2.45) is 5.73 Å². The fourth-order valence-electron chi connectivity index (χ4n) is 3.18. The molecular formula is C17H30N4. The van der Waals surface area contributed by atoms with Crippen LogP contribution in [-0.2, 0) is 6.42 Å². The average molecular weight is 290 g/mol. The van der Waals surface area contributed by atoms with E-state index < -0.39 is 0 Å². The van der Waals surface area contributed by atoms with Crippen molar-refractivity contribution in [3.63, 3.8) is 0 Å². The second kappa shape index (κ2) is 7.23. The fourth-order valence-corrected chi connectivity index (χ4v) is 3.18. The summed E-state index contributed by atoms with van der Waals surface area (Å²) in [5.41, 5.74) is 8.55. The summed E-state index contributed by atoms with van der Waals surface area (Å²) in [5.74, 6) is 1.11. The second-order valence-corrected chi connectivity index (χ2v) is 6.53. The third-order valence-corrected chi connectivity index (χ3v) is 4.61. The highest BCUT2D eigenvalue weighted by molar-refractivity contribution is 5.47. The molecule has 2 rings (SSSR count). The summed E-state index contributed by atoms with van der Waals surface area (Å²) in [5, 5.41) is 0. The molecule has 1 aromatic rings. The first kappa shape index (κ1) is 16.2. The molecule has 0 aliphatic carbocycles. The minimum Gasteiger partial charge on any atom is -0.355 e. The minimum atomic E-state index is 0.238. The highest BCUT2D eigenvalue weighted by atomic mass is 15.2. The summed E-state index contributed by atoms with van der Waals surface area (Å²) in [7, 11) is 4.38. The Bertz CT molecular complexity index is 460. The van der Waals surface area contributed by atoms with Gasteiger partial charge >= 0.3 is 0 Å². The van der Waals surface area contributed by atoms with E-state index in [4.69, 9.17) is 10.7 Å². The predicted molar refractivity (Wildman–Crippen MR) is 89.9 cm³/mol. The summed E-state index contributed by atoms with van der Waals surface area (Å²) in [6, 6.07) is 3.06. The van der Waals surface area contributed by atoms with E-state index >= 15 is 0 Å². The van der Waals surface area contributed by atoms with Crippen molar-refractivity contribution in [1.82, 2.24) is 9.88 Å². The summed E-state index contributed by atoms with van der Waals surface area (Å²) in [6.45, 7) is 6.63. The number of rotatable bonds is 5. The highest BCUT2D eigenvalue weighted by Crippen LogP contribution is 2.23. The van der Waals surface area contributed by atoms with Gasteiger partial charge in [0, 0.05) is 31.9 Å². The molecule has 2 atom stereocenters. The Morgan fingerprint density at radius 3 is 2.90 bits per heavy atom. The Kier molecular flexibility index (Phi) is 5.59. The van der Waals surface area contributed by atoms with Crippen LogP contribution in [0.15, 0.2) is 12.3 Å². The summed E-state index contributed by atoms with van der Waals surface area (Å²) in [6.07, 6.45) is 6.45. The predicted octanol–water partition coefficient (Wildman–Crippen LogP) is 2.20. The van der Waals surface area contributed by atoms with Crippen molar-refractivity contribution in [3.05, 3.63) is 23.4 Å². The van der Waals surface area contributed by atoms with Gasteiger partial charge in [0.05, 0.1) is 0 Å². The van der Waals surface area contributed by atoms with E-state index in [9.17, 15) is 0 Å². The van der Waals surface area contributed by atoms with Crippen molar-refractivity contribution in [2.75, 3.05) is 32.1 Å². The molecule has 4 nitrogen and oxygen atoms in total. The summed E-state index contributed by atoms with van der Waals surface area (Å²) in [4.78, 5) is 9.48. The fraction of sp³-hybridized carbons (Fsp3) is 0.706. The van der Waals surface area contributed by atoms with Crippen LogP contribution in [0, 0.1) is 6.92 Å². The average Bonchev–Trinajstić information content (AvgIpc) is 2.46. The van der Waals surface area contributed by atoms with Gasteiger partial charge in [-0.2, -0.15) is 0 Å². The van der Waals surface area contributed by atoms with E-state index in [1.165, 1.54) is 30.5 Å². The number of hydrogen-bond acceptors (Lipinski definition) is 4. The van der Waals surface area contributed by atoms with Gasteiger partial charge in [-0.3, -0.25) is 0 Å². The van der Waals surface area contributed by atoms with Crippen LogP contribution in [0.4, 0.5) is 5.82 Å². The maximum atomic E-state index is 6.04. The zero-order chi connectivity index (χ0) is 15.4. The van der Waals surface area contributed by atoms with Crippen LogP contribution in [0.3, 0.4) is 0 Å². The Morgan fingerprint density at radius 2 is 2.29 bits per heavy atom. The molecule has 1 aromatic heterocycles. The molecule has 1 saturated heterocycles. The van der Waals surface area contributed by atoms with Crippen molar-refractivity contribution in [2.45, 2.75) is 51.6 Å². The lowest BCUT2D eigenvalue weighted by molar-refractivity contribution is 0.247. The number of hydrogen-bond donors (Lipinski definition) is 1. The molecule has 1 fully saturated rings. The van der Waals surface area contributed by atoms with Crippen LogP contribution >= 0.6 is 0 Å². The van der Waals surface area contributed by atoms with Crippen LogP contribution < -0.4 is 10.6 Å². The molecule has 2 heterocycles. The van der Waals surface area contributed by atoms with E-state index in [0.29, 0.717) is 6.04 Å². The van der Waals surface area contributed by atoms with Gasteiger partial charge in [-0.15, -0.1) is 0 Å². The Labute approximate surface area is 129 Å². The molecule has 2 N–H and O–H groups in total. The third kappa shape index (κ3) is 4.17. The van der Waals surface area contributed by atoms with Gasteiger partial charge < -0.3 is 15.5 Å². The van der Waals surface area contributed by atoms with Crippen LogP contribution in [0.25, 0.3) is 0 Å². The van der Waals surface area contributed by atoms with E-state index in [1.54, 1.807) is 0 Å². The topological polar surface area (TPSA) is 45.4 Å². The zero-order valence-corrected chi connectivity index (χ0v) is 14.0. The molecule has 4 heteroatoms. The second-order valence-electron chi connectivity index (χ2n) is 6.53. The van der Waals surface area contributed by atoms with E-state index in [0.717, 1.165) is 25.2 Å². The van der Waals surface area contributed by atoms with E-state index in [1.807, 2.05) is 6.20 Å². The van der Waals surface area contributed by atoms with E-state index in [-0.39, 0.29) is 6.04 Å². The normalized spacial score (nSPS) is 21.3. The number of pyridine rings is 1. The van der Waals surface area contributed by atoms with Crippen molar-refractivity contribution < 1.29 is 0 Å². The molecule has 118 valence electrons. The summed E-state index contributed by atoms with van der Waals surface area (Å²) >= 11 is 0. The van der Waals surface area contributed by atoms with Gasteiger partial charge in [-0.25, -0.2) is 4.98 Å². The van der Waals surface area contributed by atoms with E-state index in [2.05, 4.69) is 43.8 Å².